The lowest BCUT2D eigenvalue weighted by atomic mass is 9.85. The number of benzene rings is 2. The fourth-order valence-corrected chi connectivity index (χ4v) is 4.99. The Balaban J connectivity index is 1.39. The highest BCUT2D eigenvalue weighted by atomic mass is 19.4. The average molecular weight is 571 g/mol. The van der Waals surface area contributed by atoms with Crippen molar-refractivity contribution in [2.24, 2.45) is 0 Å². The monoisotopic (exact) mass is 570 g/mol. The second-order valence-corrected chi connectivity index (χ2v) is 9.45. The van der Waals surface area contributed by atoms with Crippen LogP contribution in [-0.2, 0) is 12.7 Å². The summed E-state index contributed by atoms with van der Waals surface area (Å²) >= 11 is 0. The molecule has 0 spiro atoms. The number of hydrogen-bond acceptors (Lipinski definition) is 8. The summed E-state index contributed by atoms with van der Waals surface area (Å²) in [5, 5.41) is 13.3. The van der Waals surface area contributed by atoms with Crippen molar-refractivity contribution in [1.29, 1.82) is 0 Å². The summed E-state index contributed by atoms with van der Waals surface area (Å²) in [6, 6.07) is 15.0. The fourth-order valence-electron chi connectivity index (χ4n) is 4.99. The number of likely N-dealkylation sites (tertiary alicyclic amines) is 1. The molecule has 1 aliphatic rings. The number of aromatic nitrogens is 6. The predicted octanol–water partition coefficient (Wildman–Crippen LogP) is 1.85. The molecule has 2 atom stereocenters. The number of hydrogen-bond donors (Lipinski definition) is 3. The van der Waals surface area contributed by atoms with Crippen LogP contribution >= 0.6 is 0 Å². The van der Waals surface area contributed by atoms with Gasteiger partial charge in [-0.3, -0.25) is 14.6 Å². The van der Waals surface area contributed by atoms with E-state index in [1.165, 1.54) is 19.2 Å². The molecule has 2 unspecified atom stereocenters. The van der Waals surface area contributed by atoms with Gasteiger partial charge in [-0.2, -0.15) is 17.9 Å². The standard InChI is InChI=1S/C26H25F3N8O4/c1-41-21-8-7-17(37-24(26(27,28)29)33-34-35-37)11-16(21)13-30-19-9-10-36(14-18(19)15-5-3-2-4-6-15)23(39)20-12-22(38)32-25(40)31-20/h2-8,11-12,18-19,30H,9-10,13-14H2,1H3,(H2,31,32,38,40). The Kier molecular flexibility index (Phi) is 7.70. The smallest absolute Gasteiger partial charge is 0.453 e. The third-order valence-corrected chi connectivity index (χ3v) is 6.90. The van der Waals surface area contributed by atoms with Gasteiger partial charge < -0.3 is 19.9 Å². The minimum Gasteiger partial charge on any atom is -0.496 e. The van der Waals surface area contributed by atoms with Gasteiger partial charge in [0.25, 0.3) is 17.3 Å². The third kappa shape index (κ3) is 6.04. The zero-order valence-corrected chi connectivity index (χ0v) is 21.7. The van der Waals surface area contributed by atoms with Gasteiger partial charge in [0, 0.05) is 43.2 Å². The molecule has 1 aliphatic heterocycles. The van der Waals surface area contributed by atoms with Gasteiger partial charge in [0.05, 0.1) is 12.8 Å². The van der Waals surface area contributed by atoms with E-state index in [1.807, 2.05) is 35.3 Å². The zero-order chi connectivity index (χ0) is 29.1. The maximum Gasteiger partial charge on any atom is 0.453 e. The van der Waals surface area contributed by atoms with Crippen LogP contribution in [0.5, 0.6) is 5.75 Å². The van der Waals surface area contributed by atoms with Crippen LogP contribution in [0.1, 0.15) is 39.8 Å². The van der Waals surface area contributed by atoms with E-state index in [0.29, 0.717) is 35.5 Å². The molecule has 41 heavy (non-hydrogen) atoms. The van der Waals surface area contributed by atoms with Gasteiger partial charge in [-0.1, -0.05) is 30.3 Å². The molecular weight excluding hydrogens is 545 g/mol. The normalized spacial score (nSPS) is 17.4. The first-order valence-corrected chi connectivity index (χ1v) is 12.6. The predicted molar refractivity (Wildman–Crippen MR) is 139 cm³/mol. The van der Waals surface area contributed by atoms with Crippen molar-refractivity contribution in [3.63, 3.8) is 0 Å². The summed E-state index contributed by atoms with van der Waals surface area (Å²) in [5.74, 6) is -1.42. The topological polar surface area (TPSA) is 151 Å². The highest BCUT2D eigenvalue weighted by Crippen LogP contribution is 2.31. The van der Waals surface area contributed by atoms with Gasteiger partial charge in [0.1, 0.15) is 11.4 Å². The van der Waals surface area contributed by atoms with Crippen molar-refractivity contribution < 1.29 is 22.7 Å². The van der Waals surface area contributed by atoms with Gasteiger partial charge in [0.2, 0.25) is 0 Å². The van der Waals surface area contributed by atoms with Gasteiger partial charge >= 0.3 is 11.9 Å². The number of halogens is 3. The number of carbonyl (C=O) groups is 1. The number of alkyl halides is 3. The van der Waals surface area contributed by atoms with E-state index in [0.717, 1.165) is 11.6 Å². The summed E-state index contributed by atoms with van der Waals surface area (Å²) in [7, 11) is 1.46. The first-order chi connectivity index (χ1) is 19.6. The molecule has 5 rings (SSSR count). The molecule has 1 fully saturated rings. The molecular formula is C26H25F3N8O4. The molecule has 2 aromatic heterocycles. The van der Waals surface area contributed by atoms with E-state index in [9.17, 15) is 27.6 Å². The molecule has 12 nitrogen and oxygen atoms in total. The molecule has 214 valence electrons. The molecule has 1 amide bonds. The maximum atomic E-state index is 13.4. The minimum atomic E-state index is -4.74. The number of ether oxygens (including phenoxy) is 1. The number of carbonyl (C=O) groups excluding carboxylic acids is 1. The first kappa shape index (κ1) is 27.8. The minimum absolute atomic E-state index is 0.0978. The van der Waals surface area contributed by atoms with E-state index in [-0.39, 0.29) is 29.9 Å². The van der Waals surface area contributed by atoms with E-state index in [2.05, 4.69) is 25.8 Å². The lowest BCUT2D eigenvalue weighted by molar-refractivity contribution is -0.146. The molecule has 2 aromatic carbocycles. The highest BCUT2D eigenvalue weighted by Gasteiger charge is 2.38. The fraction of sp³-hybridized carbons (Fsp3) is 0.308. The Morgan fingerprint density at radius 1 is 1.12 bits per heavy atom. The zero-order valence-electron chi connectivity index (χ0n) is 21.7. The summed E-state index contributed by atoms with van der Waals surface area (Å²) in [4.78, 5) is 42.6. The van der Waals surface area contributed by atoms with Crippen LogP contribution in [0.2, 0.25) is 0 Å². The van der Waals surface area contributed by atoms with Gasteiger partial charge in [0.15, 0.2) is 0 Å². The summed E-state index contributed by atoms with van der Waals surface area (Å²) in [6.07, 6.45) is -4.22. The Morgan fingerprint density at radius 2 is 1.90 bits per heavy atom. The van der Waals surface area contributed by atoms with Crippen molar-refractivity contribution in [3.8, 4) is 11.4 Å². The van der Waals surface area contributed by atoms with Crippen LogP contribution < -0.4 is 21.3 Å². The Bertz CT molecular complexity index is 1620. The quantitative estimate of drug-likeness (QED) is 0.305. The number of aromatic amines is 2. The molecule has 3 heterocycles. The molecule has 0 saturated carbocycles. The molecule has 1 saturated heterocycles. The Labute approximate surface area is 230 Å². The summed E-state index contributed by atoms with van der Waals surface area (Å²) in [6.45, 7) is 0.876. The van der Waals surface area contributed by atoms with Gasteiger partial charge in [-0.05, 0) is 40.6 Å². The largest absolute Gasteiger partial charge is 0.496 e. The maximum absolute atomic E-state index is 13.4. The number of nitrogens with zero attached hydrogens (tertiary/aromatic N) is 5. The lowest BCUT2D eigenvalue weighted by Gasteiger charge is -2.39. The van der Waals surface area contributed by atoms with Crippen molar-refractivity contribution in [2.45, 2.75) is 31.1 Å². The van der Waals surface area contributed by atoms with E-state index in [1.54, 1.807) is 11.0 Å². The number of piperidine rings is 1. The number of H-pyrrole nitrogens is 2. The highest BCUT2D eigenvalue weighted by molar-refractivity contribution is 5.92. The number of nitrogens with one attached hydrogen (secondary N) is 3. The van der Waals surface area contributed by atoms with Crippen molar-refractivity contribution >= 4 is 5.91 Å². The average Bonchev–Trinajstić information content (AvgIpc) is 3.47. The first-order valence-electron chi connectivity index (χ1n) is 12.6. The van der Waals surface area contributed by atoms with Crippen molar-refractivity contribution in [3.05, 3.63) is 98.1 Å². The third-order valence-electron chi connectivity index (χ3n) is 6.90. The lowest BCUT2D eigenvalue weighted by Crippen LogP contribution is -2.50. The summed E-state index contributed by atoms with van der Waals surface area (Å²) < 4.78 is 46.2. The van der Waals surface area contributed by atoms with E-state index >= 15 is 0 Å². The van der Waals surface area contributed by atoms with Crippen molar-refractivity contribution in [1.82, 2.24) is 40.4 Å². The van der Waals surface area contributed by atoms with Gasteiger partial charge in [-0.15, -0.1) is 5.10 Å². The second kappa shape index (κ2) is 11.4. The number of methoxy groups -OCH3 is 1. The second-order valence-electron chi connectivity index (χ2n) is 9.45. The van der Waals surface area contributed by atoms with Crippen LogP contribution in [0.3, 0.4) is 0 Å². The molecule has 0 aliphatic carbocycles. The molecule has 0 radical (unpaired) electrons. The van der Waals surface area contributed by atoms with E-state index in [4.69, 9.17) is 4.74 Å². The number of tetrazole rings is 1. The van der Waals surface area contributed by atoms with Crippen LogP contribution in [0.4, 0.5) is 13.2 Å². The van der Waals surface area contributed by atoms with Crippen molar-refractivity contribution in [2.75, 3.05) is 20.2 Å². The number of amides is 1. The Hall–Kier alpha value is -4.79. The molecule has 15 heteroatoms. The van der Waals surface area contributed by atoms with Crippen LogP contribution in [-0.4, -0.2) is 67.2 Å². The molecule has 4 aromatic rings. The SMILES string of the molecule is COc1ccc(-n2nnnc2C(F)(F)F)cc1CNC1CCN(C(=O)c2cc(=O)[nH]c(=O)[nH]2)CC1c1ccccc1. The number of rotatable bonds is 7. The van der Waals surface area contributed by atoms with Gasteiger partial charge in [-0.25, -0.2) is 4.79 Å². The Morgan fingerprint density at radius 3 is 2.61 bits per heavy atom. The molecule has 3 N–H and O–H groups in total. The van der Waals surface area contributed by atoms with Crippen LogP contribution in [0, 0.1) is 0 Å². The molecule has 0 bridgehead atoms. The van der Waals surface area contributed by atoms with Crippen LogP contribution in [0.15, 0.2) is 64.2 Å². The van der Waals surface area contributed by atoms with E-state index < -0.39 is 29.2 Å². The van der Waals surface area contributed by atoms with Crippen LogP contribution in [0.25, 0.3) is 5.69 Å². The summed E-state index contributed by atoms with van der Waals surface area (Å²) in [5.41, 5.74) is 0.128.